The SMILES string of the molecule is O=P(CCCl)(OCCCl)c1ccc(Cl)cc1. The summed E-state index contributed by atoms with van der Waals surface area (Å²) in [4.78, 5) is 0. The predicted octanol–water partition coefficient (Wildman–Crippen LogP) is 3.74. The van der Waals surface area contributed by atoms with Crippen LogP contribution in [0, 0.1) is 0 Å². The maximum Gasteiger partial charge on any atom is 0.233 e. The van der Waals surface area contributed by atoms with Gasteiger partial charge >= 0.3 is 0 Å². The van der Waals surface area contributed by atoms with Gasteiger partial charge in [-0.3, -0.25) is 4.57 Å². The number of hydrogen-bond acceptors (Lipinski definition) is 2. The standard InChI is InChI=1S/C10H12Cl3O2P/c11-5-7-15-16(14,8-6-12)10-3-1-9(13)2-4-10/h1-4H,5-8H2. The predicted molar refractivity (Wildman–Crippen MR) is 71.0 cm³/mol. The average molecular weight is 302 g/mol. The van der Waals surface area contributed by atoms with Gasteiger partial charge in [-0.1, -0.05) is 11.6 Å². The van der Waals surface area contributed by atoms with Crippen molar-refractivity contribution in [1.29, 1.82) is 0 Å². The van der Waals surface area contributed by atoms with E-state index in [0.717, 1.165) is 0 Å². The molecule has 0 heterocycles. The summed E-state index contributed by atoms with van der Waals surface area (Å²) in [6.45, 7) is 0.248. The van der Waals surface area contributed by atoms with Crippen molar-refractivity contribution in [3.63, 3.8) is 0 Å². The van der Waals surface area contributed by atoms with Gasteiger partial charge in [0, 0.05) is 28.2 Å². The summed E-state index contributed by atoms with van der Waals surface area (Å²) in [6, 6.07) is 6.76. The fraction of sp³-hybridized carbons (Fsp3) is 0.400. The molecule has 0 aliphatic carbocycles. The van der Waals surface area contributed by atoms with Gasteiger partial charge in [0.25, 0.3) is 0 Å². The molecule has 0 bridgehead atoms. The van der Waals surface area contributed by atoms with Crippen LogP contribution < -0.4 is 5.30 Å². The first-order valence-corrected chi connectivity index (χ1v) is 8.00. The smallest absolute Gasteiger partial charge is 0.233 e. The Hall–Kier alpha value is 0.280. The van der Waals surface area contributed by atoms with Gasteiger partial charge in [-0.2, -0.15) is 0 Å². The summed E-state index contributed by atoms with van der Waals surface area (Å²) < 4.78 is 17.8. The van der Waals surface area contributed by atoms with Crippen LogP contribution in [0.15, 0.2) is 24.3 Å². The van der Waals surface area contributed by atoms with Crippen molar-refractivity contribution < 1.29 is 9.09 Å². The molecule has 6 heteroatoms. The topological polar surface area (TPSA) is 26.3 Å². The lowest BCUT2D eigenvalue weighted by Gasteiger charge is -2.17. The van der Waals surface area contributed by atoms with Crippen molar-refractivity contribution in [3.8, 4) is 0 Å². The van der Waals surface area contributed by atoms with Gasteiger partial charge in [0.1, 0.15) is 0 Å². The monoisotopic (exact) mass is 300 g/mol. The van der Waals surface area contributed by atoms with Gasteiger partial charge in [-0.05, 0) is 24.3 Å². The molecule has 0 spiro atoms. The van der Waals surface area contributed by atoms with Crippen LogP contribution in [0.3, 0.4) is 0 Å². The van der Waals surface area contributed by atoms with Gasteiger partial charge in [0.15, 0.2) is 0 Å². The number of benzene rings is 1. The van der Waals surface area contributed by atoms with E-state index in [1.807, 2.05) is 0 Å². The molecule has 0 aliphatic heterocycles. The van der Waals surface area contributed by atoms with Crippen molar-refractivity contribution in [3.05, 3.63) is 29.3 Å². The second-order valence-corrected chi connectivity index (χ2v) is 6.85. The van der Waals surface area contributed by atoms with E-state index in [-0.39, 0.29) is 12.5 Å². The molecule has 16 heavy (non-hydrogen) atoms. The van der Waals surface area contributed by atoms with Crippen LogP contribution in [0.25, 0.3) is 0 Å². The normalized spacial score (nSPS) is 14.7. The van der Waals surface area contributed by atoms with Crippen LogP contribution in [-0.4, -0.2) is 24.5 Å². The van der Waals surface area contributed by atoms with Gasteiger partial charge in [-0.25, -0.2) is 0 Å². The highest BCUT2D eigenvalue weighted by Crippen LogP contribution is 2.45. The Labute approximate surface area is 110 Å². The molecule has 0 amide bonds. The molecule has 1 aromatic rings. The quantitative estimate of drug-likeness (QED) is 0.591. The van der Waals surface area contributed by atoms with Crippen LogP contribution in [0.2, 0.25) is 5.02 Å². The molecule has 1 unspecified atom stereocenters. The Balaban J connectivity index is 2.91. The maximum atomic E-state index is 12.5. The molecule has 0 saturated carbocycles. The lowest BCUT2D eigenvalue weighted by Crippen LogP contribution is -2.12. The van der Waals surface area contributed by atoms with Crippen molar-refractivity contribution in [1.82, 2.24) is 0 Å². The molecular weight excluding hydrogens is 289 g/mol. The highest BCUT2D eigenvalue weighted by atomic mass is 35.5. The fourth-order valence-electron chi connectivity index (χ4n) is 1.23. The first-order valence-electron chi connectivity index (χ1n) is 4.74. The third kappa shape index (κ3) is 3.94. The molecule has 90 valence electrons. The Morgan fingerprint density at radius 3 is 2.25 bits per heavy atom. The van der Waals surface area contributed by atoms with Gasteiger partial charge < -0.3 is 4.52 Å². The van der Waals surface area contributed by atoms with Crippen molar-refractivity contribution in [2.24, 2.45) is 0 Å². The maximum absolute atomic E-state index is 12.5. The van der Waals surface area contributed by atoms with Crippen LogP contribution in [0.1, 0.15) is 0 Å². The molecule has 1 aromatic carbocycles. The van der Waals surface area contributed by atoms with Gasteiger partial charge in [0.2, 0.25) is 7.37 Å². The Morgan fingerprint density at radius 1 is 1.12 bits per heavy atom. The molecule has 1 atom stereocenters. The van der Waals surface area contributed by atoms with E-state index in [9.17, 15) is 4.57 Å². The number of rotatable bonds is 6. The number of alkyl halides is 2. The average Bonchev–Trinajstić information content (AvgIpc) is 2.27. The van der Waals surface area contributed by atoms with Gasteiger partial charge in [-0.15, -0.1) is 23.2 Å². The minimum atomic E-state index is -2.88. The van der Waals surface area contributed by atoms with Crippen molar-refractivity contribution in [2.45, 2.75) is 0 Å². The lowest BCUT2D eigenvalue weighted by atomic mass is 10.4. The van der Waals surface area contributed by atoms with E-state index in [0.29, 0.717) is 22.4 Å². The zero-order valence-electron chi connectivity index (χ0n) is 8.54. The molecule has 0 fully saturated rings. The zero-order chi connectivity index (χ0) is 12.0. The largest absolute Gasteiger partial charge is 0.324 e. The van der Waals surface area contributed by atoms with E-state index >= 15 is 0 Å². The first kappa shape index (κ1) is 14.3. The highest BCUT2D eigenvalue weighted by Gasteiger charge is 2.24. The van der Waals surface area contributed by atoms with E-state index in [4.69, 9.17) is 39.3 Å². The summed E-state index contributed by atoms with van der Waals surface area (Å²) in [7, 11) is -2.88. The summed E-state index contributed by atoms with van der Waals surface area (Å²) in [5, 5.41) is 1.22. The second kappa shape index (κ2) is 6.88. The van der Waals surface area contributed by atoms with Crippen molar-refractivity contribution >= 4 is 47.5 Å². The Bertz CT molecular complexity index is 367. The van der Waals surface area contributed by atoms with Crippen LogP contribution in [-0.2, 0) is 9.09 Å². The van der Waals surface area contributed by atoms with Crippen LogP contribution in [0.4, 0.5) is 0 Å². The van der Waals surface area contributed by atoms with E-state index in [2.05, 4.69) is 0 Å². The van der Waals surface area contributed by atoms with E-state index in [1.165, 1.54) is 0 Å². The molecular formula is C10H12Cl3O2P. The summed E-state index contributed by atoms with van der Waals surface area (Å²) >= 11 is 16.9. The van der Waals surface area contributed by atoms with E-state index in [1.54, 1.807) is 24.3 Å². The summed E-state index contributed by atoms with van der Waals surface area (Å²) in [5.41, 5.74) is 0. The molecule has 0 aromatic heterocycles. The molecule has 0 saturated heterocycles. The Kier molecular flexibility index (Phi) is 6.17. The van der Waals surface area contributed by atoms with Crippen LogP contribution >= 0.6 is 42.2 Å². The highest BCUT2D eigenvalue weighted by molar-refractivity contribution is 7.67. The Morgan fingerprint density at radius 2 is 1.75 bits per heavy atom. The fourth-order valence-corrected chi connectivity index (χ4v) is 3.96. The first-order chi connectivity index (χ1) is 7.62. The molecule has 0 N–H and O–H groups in total. The molecule has 0 aliphatic rings. The molecule has 0 radical (unpaired) electrons. The molecule has 1 rings (SSSR count). The van der Waals surface area contributed by atoms with Gasteiger partial charge in [0.05, 0.1) is 6.61 Å². The van der Waals surface area contributed by atoms with Crippen LogP contribution in [0.5, 0.6) is 0 Å². The summed E-state index contributed by atoms with van der Waals surface area (Å²) in [6.07, 6.45) is 0.299. The second-order valence-electron chi connectivity index (χ2n) is 3.08. The minimum absolute atomic E-state index is 0.248. The lowest BCUT2D eigenvalue weighted by molar-refractivity contribution is 0.344. The number of halogens is 3. The summed E-state index contributed by atoms with van der Waals surface area (Å²) in [5.74, 6) is 0.585. The number of hydrogen-bond donors (Lipinski definition) is 0. The third-order valence-electron chi connectivity index (χ3n) is 1.98. The zero-order valence-corrected chi connectivity index (χ0v) is 11.7. The van der Waals surface area contributed by atoms with Crippen molar-refractivity contribution in [2.75, 3.05) is 24.5 Å². The third-order valence-corrected chi connectivity index (χ3v) is 5.33. The minimum Gasteiger partial charge on any atom is -0.324 e. The molecule has 2 nitrogen and oxygen atoms in total. The van der Waals surface area contributed by atoms with E-state index < -0.39 is 7.37 Å².